The van der Waals surface area contributed by atoms with Gasteiger partial charge in [-0.1, -0.05) is 41.5 Å². The molecule has 0 aliphatic rings. The van der Waals surface area contributed by atoms with Gasteiger partial charge in [0.25, 0.3) is 5.56 Å². The van der Waals surface area contributed by atoms with Crippen LogP contribution in [0.2, 0.25) is 0 Å². The Bertz CT molecular complexity index is 1650. The van der Waals surface area contributed by atoms with Gasteiger partial charge in [0.05, 0.1) is 22.1 Å². The molecule has 0 aliphatic carbocycles. The molecule has 0 bridgehead atoms. The average Bonchev–Trinajstić information content (AvgIpc) is 3.31. The number of aromatic carboxylic acids is 1. The van der Waals surface area contributed by atoms with E-state index < -0.39 is 17.2 Å². The summed E-state index contributed by atoms with van der Waals surface area (Å²) >= 11 is 1.30. The van der Waals surface area contributed by atoms with E-state index in [0.717, 1.165) is 21.3 Å². The van der Waals surface area contributed by atoms with Crippen LogP contribution in [0.25, 0.3) is 27.5 Å². The molecule has 0 saturated carbocycles. The number of nitrogens with zero attached hydrogens (tertiary/aromatic N) is 2. The summed E-state index contributed by atoms with van der Waals surface area (Å²) in [6, 6.07) is 13.3. The summed E-state index contributed by atoms with van der Waals surface area (Å²) in [6.07, 6.45) is 0. The summed E-state index contributed by atoms with van der Waals surface area (Å²) in [4.78, 5) is 41.5. The first-order valence-electron chi connectivity index (χ1n) is 9.98. The highest BCUT2D eigenvalue weighted by molar-refractivity contribution is 7.09. The number of carboxylic acids is 1. The van der Waals surface area contributed by atoms with Gasteiger partial charge in [-0.2, -0.15) is 0 Å². The second-order valence-electron chi connectivity index (χ2n) is 7.87. The van der Waals surface area contributed by atoms with Gasteiger partial charge in [-0.05, 0) is 31.5 Å². The molecule has 0 unspecified atom stereocenters. The first kappa shape index (κ1) is 20.0. The van der Waals surface area contributed by atoms with Crippen molar-refractivity contribution in [1.82, 2.24) is 14.1 Å². The number of nitrogens with one attached hydrogen (secondary N) is 1. The van der Waals surface area contributed by atoms with Crippen LogP contribution in [0.4, 0.5) is 0 Å². The second kappa shape index (κ2) is 7.35. The topological polar surface area (TPSA) is 97.1 Å². The molecule has 0 atom stereocenters. The SMILES string of the molecule is Cc1cccc(Cn2c(C(=O)O)c(-n3c(=O)[nH]c4cscc4c3=O)c3cc(C)ccc32)c1. The molecule has 8 heteroatoms. The van der Waals surface area contributed by atoms with Crippen LogP contribution in [0.5, 0.6) is 0 Å². The molecule has 32 heavy (non-hydrogen) atoms. The van der Waals surface area contributed by atoms with Crippen molar-refractivity contribution in [3.8, 4) is 5.69 Å². The number of benzene rings is 2. The van der Waals surface area contributed by atoms with Gasteiger partial charge >= 0.3 is 11.7 Å². The van der Waals surface area contributed by atoms with Gasteiger partial charge in [-0.3, -0.25) is 4.79 Å². The molecule has 0 amide bonds. The summed E-state index contributed by atoms with van der Waals surface area (Å²) < 4.78 is 2.61. The van der Waals surface area contributed by atoms with Crippen molar-refractivity contribution in [2.24, 2.45) is 0 Å². The van der Waals surface area contributed by atoms with Crippen LogP contribution in [0.3, 0.4) is 0 Å². The van der Waals surface area contributed by atoms with E-state index in [4.69, 9.17) is 0 Å². The Morgan fingerprint density at radius 1 is 1.03 bits per heavy atom. The minimum absolute atomic E-state index is 0.0863. The van der Waals surface area contributed by atoms with E-state index in [1.54, 1.807) is 15.3 Å². The van der Waals surface area contributed by atoms with Crippen molar-refractivity contribution < 1.29 is 9.90 Å². The number of fused-ring (bicyclic) bond motifs is 2. The third-order valence-corrected chi connectivity index (χ3v) is 6.33. The molecule has 3 heterocycles. The van der Waals surface area contributed by atoms with Gasteiger partial charge in [0.1, 0.15) is 0 Å². The maximum Gasteiger partial charge on any atom is 0.354 e. The van der Waals surface area contributed by atoms with Gasteiger partial charge in [-0.25, -0.2) is 14.2 Å². The maximum absolute atomic E-state index is 13.3. The Balaban J connectivity index is 1.91. The minimum atomic E-state index is -1.21. The summed E-state index contributed by atoms with van der Waals surface area (Å²) in [5, 5.41) is 14.4. The molecule has 2 aromatic carbocycles. The Morgan fingerprint density at radius 3 is 2.56 bits per heavy atom. The van der Waals surface area contributed by atoms with Crippen LogP contribution in [0.1, 0.15) is 27.2 Å². The number of aromatic nitrogens is 3. The summed E-state index contributed by atoms with van der Waals surface area (Å²) in [5.41, 5.74) is 2.73. The number of carboxylic acid groups (broad SMARTS) is 1. The van der Waals surface area contributed by atoms with E-state index in [2.05, 4.69) is 4.98 Å². The van der Waals surface area contributed by atoms with E-state index in [0.29, 0.717) is 21.8 Å². The Morgan fingerprint density at radius 2 is 1.81 bits per heavy atom. The third kappa shape index (κ3) is 3.07. The zero-order chi connectivity index (χ0) is 22.6. The monoisotopic (exact) mass is 445 g/mol. The number of thiophene rings is 1. The van der Waals surface area contributed by atoms with E-state index in [9.17, 15) is 19.5 Å². The van der Waals surface area contributed by atoms with Crippen LogP contribution in [0.15, 0.2) is 62.8 Å². The van der Waals surface area contributed by atoms with Crippen LogP contribution >= 0.6 is 11.3 Å². The first-order valence-corrected chi connectivity index (χ1v) is 10.9. The molecular weight excluding hydrogens is 426 g/mol. The Labute approximate surface area is 185 Å². The third-order valence-electron chi connectivity index (χ3n) is 5.58. The van der Waals surface area contributed by atoms with Gasteiger partial charge in [0.15, 0.2) is 5.69 Å². The van der Waals surface area contributed by atoms with Crippen LogP contribution in [-0.4, -0.2) is 25.2 Å². The quantitative estimate of drug-likeness (QED) is 0.436. The predicted octanol–water partition coefficient (Wildman–Crippen LogP) is 4.06. The molecule has 2 N–H and O–H groups in total. The molecular formula is C24H19N3O4S. The van der Waals surface area contributed by atoms with E-state index in [-0.39, 0.29) is 17.9 Å². The lowest BCUT2D eigenvalue weighted by Gasteiger charge is -2.10. The molecule has 0 saturated heterocycles. The number of hydrogen-bond donors (Lipinski definition) is 2. The van der Waals surface area contributed by atoms with Crippen LogP contribution in [-0.2, 0) is 6.54 Å². The smallest absolute Gasteiger partial charge is 0.354 e. The van der Waals surface area contributed by atoms with Gasteiger partial charge in [-0.15, -0.1) is 11.3 Å². The molecule has 0 radical (unpaired) electrons. The number of aryl methyl sites for hydroxylation is 2. The normalized spacial score (nSPS) is 11.4. The molecule has 0 fully saturated rings. The van der Waals surface area contributed by atoms with Crippen molar-refractivity contribution in [3.05, 3.63) is 96.4 Å². The van der Waals surface area contributed by atoms with E-state index >= 15 is 0 Å². The largest absolute Gasteiger partial charge is 0.477 e. The highest BCUT2D eigenvalue weighted by atomic mass is 32.1. The first-order chi connectivity index (χ1) is 15.3. The standard InChI is InChI=1S/C24H19N3O4S/c1-13-4-3-5-15(8-13)10-26-19-7-6-14(2)9-16(19)20(21(26)23(29)30)27-22(28)17-11-32-12-18(17)25-24(27)31/h3-9,11-12H,10H2,1-2H3,(H,25,31)(H,29,30). The molecule has 3 aromatic heterocycles. The predicted molar refractivity (Wildman–Crippen MR) is 126 cm³/mol. The molecule has 0 aliphatic heterocycles. The van der Waals surface area contributed by atoms with Crippen molar-refractivity contribution in [1.29, 1.82) is 0 Å². The van der Waals surface area contributed by atoms with Crippen molar-refractivity contribution in [3.63, 3.8) is 0 Å². The van der Waals surface area contributed by atoms with Crippen molar-refractivity contribution in [2.75, 3.05) is 0 Å². The zero-order valence-electron chi connectivity index (χ0n) is 17.4. The van der Waals surface area contributed by atoms with E-state index in [1.165, 1.54) is 11.3 Å². The average molecular weight is 446 g/mol. The minimum Gasteiger partial charge on any atom is -0.477 e. The molecule has 160 valence electrons. The lowest BCUT2D eigenvalue weighted by Crippen LogP contribution is -2.34. The van der Waals surface area contributed by atoms with E-state index in [1.807, 2.05) is 56.3 Å². The lowest BCUT2D eigenvalue weighted by atomic mass is 10.1. The number of rotatable bonds is 4. The maximum atomic E-state index is 13.3. The number of hydrogen-bond acceptors (Lipinski definition) is 4. The molecule has 5 rings (SSSR count). The second-order valence-corrected chi connectivity index (χ2v) is 8.61. The van der Waals surface area contributed by atoms with Crippen LogP contribution < -0.4 is 11.2 Å². The lowest BCUT2D eigenvalue weighted by molar-refractivity contribution is 0.0686. The van der Waals surface area contributed by atoms with Gasteiger partial charge < -0.3 is 14.7 Å². The van der Waals surface area contributed by atoms with Crippen LogP contribution in [0, 0.1) is 13.8 Å². The van der Waals surface area contributed by atoms with Gasteiger partial charge in [0, 0.05) is 22.7 Å². The number of aromatic amines is 1. The summed E-state index contributed by atoms with van der Waals surface area (Å²) in [5.74, 6) is -1.21. The molecule has 7 nitrogen and oxygen atoms in total. The zero-order valence-corrected chi connectivity index (χ0v) is 18.2. The Hall–Kier alpha value is -3.91. The fraction of sp³-hybridized carbons (Fsp3) is 0.125. The fourth-order valence-electron chi connectivity index (χ4n) is 4.20. The highest BCUT2D eigenvalue weighted by Crippen LogP contribution is 2.31. The van der Waals surface area contributed by atoms with Crippen molar-refractivity contribution >= 4 is 39.1 Å². The van der Waals surface area contributed by atoms with Gasteiger partial charge in [0.2, 0.25) is 0 Å². The fourth-order valence-corrected chi connectivity index (χ4v) is 4.95. The molecule has 0 spiro atoms. The summed E-state index contributed by atoms with van der Waals surface area (Å²) in [7, 11) is 0. The highest BCUT2D eigenvalue weighted by Gasteiger charge is 2.27. The Kier molecular flexibility index (Phi) is 4.60. The summed E-state index contributed by atoms with van der Waals surface area (Å²) in [6.45, 7) is 4.15. The number of H-pyrrole nitrogens is 1. The number of carbonyl (C=O) groups is 1. The molecule has 5 aromatic rings. The van der Waals surface area contributed by atoms with Crippen molar-refractivity contribution in [2.45, 2.75) is 20.4 Å².